The van der Waals surface area contributed by atoms with Crippen molar-refractivity contribution in [3.63, 3.8) is 0 Å². The molecule has 1 N–H and O–H groups in total. The molecule has 6 heteroatoms. The fraction of sp³-hybridized carbons (Fsp3) is 0.125. The first-order chi connectivity index (χ1) is 10.4. The smallest absolute Gasteiger partial charge is 0.255 e. The minimum absolute atomic E-state index is 0.433. The lowest BCUT2D eigenvalue weighted by molar-refractivity contribution is 0.609. The Labute approximate surface area is 133 Å². The van der Waals surface area contributed by atoms with Gasteiger partial charge in [0.1, 0.15) is 0 Å². The van der Waals surface area contributed by atoms with Crippen molar-refractivity contribution in [1.82, 2.24) is 0 Å². The van der Waals surface area contributed by atoms with Gasteiger partial charge in [-0.1, -0.05) is 29.8 Å². The largest absolute Gasteiger partial charge is 0.280 e. The normalized spacial score (nSPS) is 13.2. The molecule has 0 aliphatic rings. The van der Waals surface area contributed by atoms with Crippen LogP contribution >= 0.6 is 0 Å². The maximum absolute atomic E-state index is 12.0. The summed E-state index contributed by atoms with van der Waals surface area (Å²) in [4.78, 5) is 0.651. The van der Waals surface area contributed by atoms with Crippen LogP contribution in [0.4, 0.5) is 5.69 Å². The number of sulfonamides is 1. The van der Waals surface area contributed by atoms with E-state index in [4.69, 9.17) is 0 Å². The highest BCUT2D eigenvalue weighted by atomic mass is 32.2. The van der Waals surface area contributed by atoms with Gasteiger partial charge in [-0.3, -0.25) is 8.93 Å². The van der Waals surface area contributed by atoms with Crippen molar-refractivity contribution in [1.29, 1.82) is 0 Å². The monoisotopic (exact) mass is 335 g/mol. The van der Waals surface area contributed by atoms with Gasteiger partial charge in [0, 0.05) is 27.6 Å². The molecule has 0 aromatic heterocycles. The van der Waals surface area contributed by atoms with Crippen molar-refractivity contribution < 1.29 is 12.6 Å². The molecule has 0 radical (unpaired) electrons. The number of nitrogens with one attached hydrogen (secondary N) is 1. The molecule has 2 aromatic rings. The van der Waals surface area contributed by atoms with Crippen LogP contribution in [0.1, 0.15) is 11.1 Å². The summed E-state index contributed by atoms with van der Waals surface area (Å²) in [5.41, 5.74) is 2.36. The van der Waals surface area contributed by atoms with E-state index in [1.165, 1.54) is 6.08 Å². The summed E-state index contributed by atoms with van der Waals surface area (Å²) >= 11 is 0. The van der Waals surface area contributed by atoms with E-state index in [0.717, 1.165) is 16.5 Å². The molecule has 4 nitrogen and oxygen atoms in total. The standard InChI is InChI=1S/C16H17NO3S2/c1-13-3-5-14(6-4-13)11-12-22(19,20)17-15-7-9-16(10-8-15)21(2)18/h3-12,17H,1-2H3/b12-11+/t21-/m0/s1. The lowest BCUT2D eigenvalue weighted by atomic mass is 10.2. The predicted molar refractivity (Wildman–Crippen MR) is 91.5 cm³/mol. The van der Waals surface area contributed by atoms with Crippen LogP contribution in [-0.2, 0) is 20.8 Å². The maximum atomic E-state index is 12.0. The Kier molecular flexibility index (Phi) is 5.15. The third-order valence-corrected chi connectivity index (χ3v) is 4.91. The Morgan fingerprint density at radius 1 is 1.00 bits per heavy atom. The van der Waals surface area contributed by atoms with Crippen molar-refractivity contribution in [3.8, 4) is 0 Å². The van der Waals surface area contributed by atoms with Gasteiger partial charge in [0.05, 0.1) is 5.41 Å². The molecule has 1 atom stereocenters. The molecule has 0 saturated carbocycles. The second-order valence-corrected chi connectivity index (χ2v) is 7.78. The first kappa shape index (κ1) is 16.5. The third-order valence-electron chi connectivity index (χ3n) is 2.96. The second kappa shape index (κ2) is 6.89. The number of hydrogen-bond donors (Lipinski definition) is 1. The Balaban J connectivity index is 2.10. The van der Waals surface area contributed by atoms with E-state index in [2.05, 4.69) is 4.72 Å². The summed E-state index contributed by atoms with van der Waals surface area (Å²) in [5, 5.41) is 1.13. The summed E-state index contributed by atoms with van der Waals surface area (Å²) in [6.45, 7) is 1.97. The number of aryl methyl sites for hydroxylation is 1. The van der Waals surface area contributed by atoms with Crippen LogP contribution in [0, 0.1) is 6.92 Å². The SMILES string of the molecule is Cc1ccc(/C=C/S(=O)(=O)Nc2ccc([S@](C)=O)cc2)cc1. The third kappa shape index (κ3) is 4.82. The summed E-state index contributed by atoms with van der Waals surface area (Å²) in [6, 6.07) is 14.0. The molecular formula is C16H17NO3S2. The zero-order chi connectivity index (χ0) is 16.2. The molecule has 0 aliphatic carbocycles. The molecule has 0 fully saturated rings. The van der Waals surface area contributed by atoms with Gasteiger partial charge in [0.15, 0.2) is 0 Å². The Bertz CT molecular complexity index is 792. The summed E-state index contributed by atoms with van der Waals surface area (Å²) in [5.74, 6) is 0. The molecule has 0 bridgehead atoms. The van der Waals surface area contributed by atoms with Gasteiger partial charge >= 0.3 is 0 Å². The van der Waals surface area contributed by atoms with Gasteiger partial charge in [-0.05, 0) is 42.8 Å². The van der Waals surface area contributed by atoms with E-state index in [1.807, 2.05) is 31.2 Å². The fourth-order valence-electron chi connectivity index (χ4n) is 1.76. The molecule has 116 valence electrons. The molecule has 0 amide bonds. The Hall–Kier alpha value is -1.92. The highest BCUT2D eigenvalue weighted by Crippen LogP contribution is 2.14. The van der Waals surface area contributed by atoms with Gasteiger partial charge in [-0.15, -0.1) is 0 Å². The van der Waals surface area contributed by atoms with E-state index in [0.29, 0.717) is 10.6 Å². The minimum Gasteiger partial charge on any atom is -0.280 e. The molecule has 0 saturated heterocycles. The molecule has 2 aromatic carbocycles. The van der Waals surface area contributed by atoms with Gasteiger partial charge in [-0.2, -0.15) is 0 Å². The zero-order valence-corrected chi connectivity index (χ0v) is 13.9. The van der Waals surface area contributed by atoms with Crippen molar-refractivity contribution in [2.75, 3.05) is 11.0 Å². The fourth-order valence-corrected chi connectivity index (χ4v) is 3.15. The lowest BCUT2D eigenvalue weighted by Gasteiger charge is -2.05. The number of hydrogen-bond acceptors (Lipinski definition) is 3. The predicted octanol–water partition coefficient (Wildman–Crippen LogP) is 3.15. The van der Waals surface area contributed by atoms with Gasteiger partial charge in [-0.25, -0.2) is 8.42 Å². The van der Waals surface area contributed by atoms with E-state index >= 15 is 0 Å². The number of anilines is 1. The highest BCUT2D eigenvalue weighted by Gasteiger charge is 2.06. The lowest BCUT2D eigenvalue weighted by Crippen LogP contribution is -2.08. The second-order valence-electron chi connectivity index (χ2n) is 4.84. The van der Waals surface area contributed by atoms with Crippen molar-refractivity contribution in [2.24, 2.45) is 0 Å². The first-order valence-corrected chi connectivity index (χ1v) is 9.67. The van der Waals surface area contributed by atoms with Crippen LogP contribution in [0.25, 0.3) is 6.08 Å². The first-order valence-electron chi connectivity index (χ1n) is 6.57. The molecule has 22 heavy (non-hydrogen) atoms. The molecular weight excluding hydrogens is 318 g/mol. The van der Waals surface area contributed by atoms with Crippen LogP contribution in [0.3, 0.4) is 0 Å². The van der Waals surface area contributed by atoms with Crippen molar-refractivity contribution >= 4 is 32.6 Å². The van der Waals surface area contributed by atoms with Crippen LogP contribution in [-0.4, -0.2) is 18.9 Å². The maximum Gasteiger partial charge on any atom is 0.255 e. The van der Waals surface area contributed by atoms with Crippen molar-refractivity contribution in [2.45, 2.75) is 11.8 Å². The molecule has 0 spiro atoms. The summed E-state index contributed by atoms with van der Waals surface area (Å²) in [7, 11) is -4.66. The van der Waals surface area contributed by atoms with Crippen LogP contribution in [0.15, 0.2) is 58.8 Å². The summed E-state index contributed by atoms with van der Waals surface area (Å²) in [6.07, 6.45) is 3.11. The summed E-state index contributed by atoms with van der Waals surface area (Å²) < 4.78 is 37.7. The van der Waals surface area contributed by atoms with E-state index in [-0.39, 0.29) is 0 Å². The Morgan fingerprint density at radius 2 is 1.59 bits per heavy atom. The number of rotatable bonds is 5. The minimum atomic E-state index is -3.58. The molecule has 2 rings (SSSR count). The molecule has 0 unspecified atom stereocenters. The van der Waals surface area contributed by atoms with Gasteiger partial charge < -0.3 is 0 Å². The molecule has 0 aliphatic heterocycles. The van der Waals surface area contributed by atoms with Crippen LogP contribution in [0.5, 0.6) is 0 Å². The van der Waals surface area contributed by atoms with Crippen LogP contribution < -0.4 is 4.72 Å². The van der Waals surface area contributed by atoms with E-state index in [1.54, 1.807) is 30.5 Å². The van der Waals surface area contributed by atoms with E-state index in [9.17, 15) is 12.6 Å². The average Bonchev–Trinajstić information content (AvgIpc) is 2.47. The zero-order valence-electron chi connectivity index (χ0n) is 12.3. The highest BCUT2D eigenvalue weighted by molar-refractivity contribution is 7.95. The van der Waals surface area contributed by atoms with Gasteiger partial charge in [0.25, 0.3) is 10.0 Å². The van der Waals surface area contributed by atoms with E-state index < -0.39 is 20.8 Å². The molecule has 0 heterocycles. The topological polar surface area (TPSA) is 63.2 Å². The van der Waals surface area contributed by atoms with Crippen molar-refractivity contribution in [3.05, 3.63) is 65.1 Å². The quantitative estimate of drug-likeness (QED) is 0.913. The Morgan fingerprint density at radius 3 is 2.14 bits per heavy atom. The van der Waals surface area contributed by atoms with Gasteiger partial charge in [0.2, 0.25) is 0 Å². The van der Waals surface area contributed by atoms with Crippen LogP contribution in [0.2, 0.25) is 0 Å². The number of benzene rings is 2. The average molecular weight is 335 g/mol.